The van der Waals surface area contributed by atoms with Gasteiger partial charge in [0.1, 0.15) is 5.75 Å². The molecule has 0 aromatic heterocycles. The van der Waals surface area contributed by atoms with Gasteiger partial charge < -0.3 is 4.74 Å². The zero-order valence-corrected chi connectivity index (χ0v) is 13.3. The zero-order valence-electron chi connectivity index (χ0n) is 11.7. The van der Waals surface area contributed by atoms with Gasteiger partial charge in [0.2, 0.25) is 9.05 Å². The second-order valence-electron chi connectivity index (χ2n) is 4.71. The van der Waals surface area contributed by atoms with E-state index in [-0.39, 0.29) is 11.4 Å². The first-order valence-electron chi connectivity index (χ1n) is 6.60. The number of aryl methyl sites for hydroxylation is 1. The van der Waals surface area contributed by atoms with E-state index in [0.29, 0.717) is 18.8 Å². The first kappa shape index (κ1) is 17.7. The van der Waals surface area contributed by atoms with Crippen molar-refractivity contribution in [2.75, 3.05) is 12.4 Å². The molecular weight excluding hydrogens is 318 g/mol. The van der Waals surface area contributed by atoms with Gasteiger partial charge in [-0.25, -0.2) is 8.42 Å². The predicted molar refractivity (Wildman–Crippen MR) is 81.4 cm³/mol. The molecule has 1 rings (SSSR count). The number of nitrogens with zero attached hydrogens (tertiary/aromatic N) is 1. The largest absolute Gasteiger partial charge is 0.493 e. The quantitative estimate of drug-likeness (QED) is 0.299. The molecule has 0 saturated heterocycles. The average Bonchev–Trinajstić information content (AvgIpc) is 2.38. The Balaban J connectivity index is 2.30. The lowest BCUT2D eigenvalue weighted by Gasteiger charge is -2.08. The van der Waals surface area contributed by atoms with Gasteiger partial charge in [-0.15, -0.1) is 0 Å². The molecule has 0 heterocycles. The molecule has 21 heavy (non-hydrogen) atoms. The maximum Gasteiger partial charge on any atom is 0.273 e. The van der Waals surface area contributed by atoms with Crippen molar-refractivity contribution < 1.29 is 18.1 Å². The van der Waals surface area contributed by atoms with Crippen LogP contribution in [-0.2, 0) is 9.05 Å². The topological polar surface area (TPSA) is 86.5 Å². The van der Waals surface area contributed by atoms with Crippen LogP contribution in [0.4, 0.5) is 5.69 Å². The molecule has 1 aromatic carbocycles. The van der Waals surface area contributed by atoms with Crippen LogP contribution in [0.3, 0.4) is 0 Å². The molecule has 0 fully saturated rings. The SMILES string of the molecule is Cc1ccc([N+](=O)[O-])cc1OCCCCCCS(=O)(=O)Cl. The molecule has 0 spiro atoms. The maximum absolute atomic E-state index is 10.7. The van der Waals surface area contributed by atoms with Crippen molar-refractivity contribution in [3.8, 4) is 5.75 Å². The van der Waals surface area contributed by atoms with Crippen molar-refractivity contribution in [3.05, 3.63) is 33.9 Å². The van der Waals surface area contributed by atoms with Gasteiger partial charge in [-0.2, -0.15) is 0 Å². The highest BCUT2D eigenvalue weighted by Crippen LogP contribution is 2.24. The lowest BCUT2D eigenvalue weighted by atomic mass is 10.2. The molecule has 0 amide bonds. The summed E-state index contributed by atoms with van der Waals surface area (Å²) in [6.45, 7) is 2.26. The minimum Gasteiger partial charge on any atom is -0.493 e. The molecule has 0 radical (unpaired) electrons. The van der Waals surface area contributed by atoms with Crippen molar-refractivity contribution in [2.24, 2.45) is 0 Å². The van der Waals surface area contributed by atoms with E-state index in [1.54, 1.807) is 6.07 Å². The first-order chi connectivity index (χ1) is 9.79. The summed E-state index contributed by atoms with van der Waals surface area (Å²) in [5.74, 6) is 0.492. The summed E-state index contributed by atoms with van der Waals surface area (Å²) < 4.78 is 27.0. The Morgan fingerprint density at radius 1 is 1.24 bits per heavy atom. The average molecular weight is 336 g/mol. The van der Waals surface area contributed by atoms with E-state index < -0.39 is 14.0 Å². The minimum absolute atomic E-state index is 0.00270. The van der Waals surface area contributed by atoms with Crippen molar-refractivity contribution in [2.45, 2.75) is 32.6 Å². The normalized spacial score (nSPS) is 11.3. The van der Waals surface area contributed by atoms with E-state index >= 15 is 0 Å². The molecule has 0 atom stereocenters. The summed E-state index contributed by atoms with van der Waals surface area (Å²) in [6, 6.07) is 4.50. The highest BCUT2D eigenvalue weighted by atomic mass is 35.7. The number of non-ortho nitro benzene ring substituents is 1. The van der Waals surface area contributed by atoms with Gasteiger partial charge in [0.15, 0.2) is 0 Å². The van der Waals surface area contributed by atoms with Gasteiger partial charge in [0.25, 0.3) is 5.69 Å². The number of hydrogen-bond acceptors (Lipinski definition) is 5. The molecule has 0 N–H and O–H groups in total. The summed E-state index contributed by atoms with van der Waals surface area (Å²) in [5.41, 5.74) is 0.844. The summed E-state index contributed by atoms with van der Waals surface area (Å²) in [5, 5.41) is 10.7. The number of benzene rings is 1. The fraction of sp³-hybridized carbons (Fsp3) is 0.538. The molecule has 0 saturated carbocycles. The Morgan fingerprint density at radius 2 is 1.90 bits per heavy atom. The molecule has 0 aliphatic rings. The molecule has 1 aromatic rings. The molecule has 6 nitrogen and oxygen atoms in total. The molecule has 0 aliphatic heterocycles. The Labute approximate surface area is 128 Å². The first-order valence-corrected chi connectivity index (χ1v) is 9.07. The van der Waals surface area contributed by atoms with Gasteiger partial charge in [-0.3, -0.25) is 10.1 Å². The van der Waals surface area contributed by atoms with Crippen molar-refractivity contribution in [1.29, 1.82) is 0 Å². The Hall–Kier alpha value is -1.34. The Bertz CT molecular complexity index is 588. The summed E-state index contributed by atoms with van der Waals surface area (Å²) in [6.07, 6.45) is 2.86. The van der Waals surface area contributed by atoms with E-state index in [1.807, 2.05) is 6.92 Å². The van der Waals surface area contributed by atoms with Gasteiger partial charge >= 0.3 is 0 Å². The van der Waals surface area contributed by atoms with E-state index in [0.717, 1.165) is 24.8 Å². The third-order valence-electron chi connectivity index (χ3n) is 2.92. The number of nitro benzene ring substituents is 1. The van der Waals surface area contributed by atoms with E-state index in [2.05, 4.69) is 0 Å². The monoisotopic (exact) mass is 335 g/mol. The molecule has 8 heteroatoms. The summed E-state index contributed by atoms with van der Waals surface area (Å²) in [7, 11) is 1.70. The third-order valence-corrected chi connectivity index (χ3v) is 4.16. The zero-order chi connectivity index (χ0) is 15.9. The summed E-state index contributed by atoms with van der Waals surface area (Å²) in [4.78, 5) is 10.2. The lowest BCUT2D eigenvalue weighted by Crippen LogP contribution is -2.01. The number of halogens is 1. The van der Waals surface area contributed by atoms with E-state index in [9.17, 15) is 18.5 Å². The number of rotatable bonds is 9. The van der Waals surface area contributed by atoms with Crippen LogP contribution in [-0.4, -0.2) is 25.7 Å². The van der Waals surface area contributed by atoms with Crippen LogP contribution in [0.25, 0.3) is 0 Å². The van der Waals surface area contributed by atoms with Crippen LogP contribution in [0, 0.1) is 17.0 Å². The highest BCUT2D eigenvalue weighted by molar-refractivity contribution is 8.13. The van der Waals surface area contributed by atoms with E-state index in [4.69, 9.17) is 15.4 Å². The van der Waals surface area contributed by atoms with Crippen molar-refractivity contribution >= 4 is 25.4 Å². The smallest absolute Gasteiger partial charge is 0.273 e. The Morgan fingerprint density at radius 3 is 2.52 bits per heavy atom. The fourth-order valence-electron chi connectivity index (χ4n) is 1.77. The fourth-order valence-corrected chi connectivity index (χ4v) is 2.65. The van der Waals surface area contributed by atoms with E-state index in [1.165, 1.54) is 12.1 Å². The second-order valence-corrected chi connectivity index (χ2v) is 7.61. The second kappa shape index (κ2) is 8.19. The van der Waals surface area contributed by atoms with Crippen LogP contribution in [0.2, 0.25) is 0 Å². The standard InChI is InChI=1S/C13H18ClNO5S/c1-11-6-7-12(15(16)17)10-13(11)20-8-4-2-3-5-9-21(14,18)19/h6-7,10H,2-5,8-9H2,1H3. The van der Waals surface area contributed by atoms with Crippen molar-refractivity contribution in [1.82, 2.24) is 0 Å². The molecule has 0 aliphatic carbocycles. The Kier molecular flexibility index (Phi) is 6.91. The van der Waals surface area contributed by atoms with Crippen LogP contribution in [0.5, 0.6) is 5.75 Å². The van der Waals surface area contributed by atoms with Gasteiger partial charge in [0.05, 0.1) is 23.3 Å². The van der Waals surface area contributed by atoms with Gasteiger partial charge in [0, 0.05) is 16.7 Å². The number of unbranched alkanes of at least 4 members (excludes halogenated alkanes) is 3. The molecular formula is C13H18ClNO5S. The lowest BCUT2D eigenvalue weighted by molar-refractivity contribution is -0.384. The van der Waals surface area contributed by atoms with Crippen LogP contribution in [0.1, 0.15) is 31.2 Å². The maximum atomic E-state index is 10.7. The number of hydrogen-bond donors (Lipinski definition) is 0. The van der Waals surface area contributed by atoms with Gasteiger partial charge in [-0.1, -0.05) is 12.8 Å². The minimum atomic E-state index is -3.40. The number of nitro groups is 1. The highest BCUT2D eigenvalue weighted by Gasteiger charge is 2.09. The summed E-state index contributed by atoms with van der Waals surface area (Å²) >= 11 is 0. The third kappa shape index (κ3) is 7.29. The van der Waals surface area contributed by atoms with Crippen LogP contribution < -0.4 is 4.74 Å². The molecule has 0 bridgehead atoms. The van der Waals surface area contributed by atoms with Gasteiger partial charge in [-0.05, 0) is 31.4 Å². The molecule has 0 unspecified atom stereocenters. The molecule has 118 valence electrons. The van der Waals surface area contributed by atoms with Crippen LogP contribution >= 0.6 is 10.7 Å². The predicted octanol–water partition coefficient (Wildman–Crippen LogP) is 3.41. The van der Waals surface area contributed by atoms with Crippen molar-refractivity contribution in [3.63, 3.8) is 0 Å². The number of ether oxygens (including phenoxy) is 1. The van der Waals surface area contributed by atoms with Crippen LogP contribution in [0.15, 0.2) is 18.2 Å².